The third kappa shape index (κ3) is 6.82. The van der Waals surface area contributed by atoms with Crippen LogP contribution in [0.3, 0.4) is 0 Å². The largest absolute Gasteiger partial charge is 0.493 e. The molecule has 1 N–H and O–H groups in total. The summed E-state index contributed by atoms with van der Waals surface area (Å²) in [5, 5.41) is 6.66. The monoisotopic (exact) mass is 417 g/mol. The van der Waals surface area contributed by atoms with E-state index < -0.39 is 0 Å². The Bertz CT molecular complexity index is 734. The smallest absolute Gasteiger partial charge is 0.255 e. The van der Waals surface area contributed by atoms with Crippen LogP contribution in [0.1, 0.15) is 61.4 Å². The fourth-order valence-corrected chi connectivity index (χ4v) is 4.09. The zero-order chi connectivity index (χ0) is 21.8. The first-order valence-corrected chi connectivity index (χ1v) is 10.9. The van der Waals surface area contributed by atoms with Crippen LogP contribution in [-0.2, 0) is 6.42 Å². The minimum Gasteiger partial charge on any atom is -0.493 e. The number of hydrogen-bond acceptors (Lipinski definition) is 5. The second-order valence-electron chi connectivity index (χ2n) is 7.63. The lowest BCUT2D eigenvalue weighted by Crippen LogP contribution is -2.40. The lowest BCUT2D eigenvalue weighted by molar-refractivity contribution is 0.0937. The maximum atomic E-state index is 13.0. The molecule has 0 spiro atoms. The third-order valence-corrected chi connectivity index (χ3v) is 5.72. The number of likely N-dealkylation sites (N-methyl/N-ethyl adjacent to an activating group) is 1. The number of hydrogen-bond donors (Lipinski definition) is 1. The molecule has 0 unspecified atom stereocenters. The number of unbranched alkanes of at least 4 members (excludes halogenated alkanes) is 3. The number of amides is 1. The van der Waals surface area contributed by atoms with Crippen molar-refractivity contribution >= 4 is 5.91 Å². The molecule has 1 atom stereocenters. The Morgan fingerprint density at radius 1 is 1.27 bits per heavy atom. The van der Waals surface area contributed by atoms with Crippen molar-refractivity contribution in [2.24, 2.45) is 5.11 Å². The van der Waals surface area contributed by atoms with Crippen LogP contribution in [0.4, 0.5) is 0 Å². The van der Waals surface area contributed by atoms with Crippen molar-refractivity contribution in [3.05, 3.63) is 33.7 Å². The van der Waals surface area contributed by atoms with E-state index in [2.05, 4.69) is 27.2 Å². The van der Waals surface area contributed by atoms with Crippen LogP contribution >= 0.6 is 0 Å². The van der Waals surface area contributed by atoms with Crippen LogP contribution in [0.25, 0.3) is 10.4 Å². The predicted molar refractivity (Wildman–Crippen MR) is 118 cm³/mol. The molecule has 8 heteroatoms. The quantitative estimate of drug-likeness (QED) is 0.223. The van der Waals surface area contributed by atoms with Gasteiger partial charge in [0.1, 0.15) is 0 Å². The van der Waals surface area contributed by atoms with Gasteiger partial charge >= 0.3 is 0 Å². The number of carbonyl (C=O) groups is 1. The van der Waals surface area contributed by atoms with E-state index in [4.69, 9.17) is 15.0 Å². The first-order valence-electron chi connectivity index (χ1n) is 10.9. The van der Waals surface area contributed by atoms with Crippen molar-refractivity contribution in [3.63, 3.8) is 0 Å². The number of likely N-dealkylation sites (tertiary alicyclic amines) is 1. The predicted octanol–water partition coefficient (Wildman–Crippen LogP) is 4.33. The molecule has 0 bridgehead atoms. The standard InChI is InChI=1S/C22H35N5O3/c1-4-27-13-9-11-18(27)16-24-22(28)19-14-17(15-20(29-2)21(19)30-3)10-7-5-6-8-12-25-26-23/h14-15,18H,4-13,16H2,1-3H3,(H,24,28)/t18-/m0/s1. The van der Waals surface area contributed by atoms with Crippen molar-refractivity contribution < 1.29 is 14.3 Å². The number of rotatable bonds is 13. The molecular formula is C22H35N5O3. The number of benzene rings is 1. The average Bonchev–Trinajstić information content (AvgIpc) is 3.23. The molecular weight excluding hydrogens is 382 g/mol. The molecule has 1 fully saturated rings. The highest BCUT2D eigenvalue weighted by Crippen LogP contribution is 2.33. The van der Waals surface area contributed by atoms with Crippen molar-refractivity contribution in [1.29, 1.82) is 0 Å². The van der Waals surface area contributed by atoms with E-state index >= 15 is 0 Å². The molecule has 1 amide bonds. The molecule has 30 heavy (non-hydrogen) atoms. The number of methoxy groups -OCH3 is 2. The fourth-order valence-electron chi connectivity index (χ4n) is 4.09. The molecule has 0 aliphatic carbocycles. The Hall–Kier alpha value is -2.44. The average molecular weight is 418 g/mol. The molecule has 1 aromatic rings. The normalized spacial score (nSPS) is 16.2. The van der Waals surface area contributed by atoms with Crippen LogP contribution in [0.15, 0.2) is 17.2 Å². The van der Waals surface area contributed by atoms with Gasteiger partial charge in [-0.3, -0.25) is 9.69 Å². The number of aryl methyl sites for hydroxylation is 1. The van der Waals surface area contributed by atoms with Gasteiger partial charge in [-0.05, 0) is 68.4 Å². The lowest BCUT2D eigenvalue weighted by atomic mass is 10.0. The summed E-state index contributed by atoms with van der Waals surface area (Å²) in [5.41, 5.74) is 9.89. The van der Waals surface area contributed by atoms with Crippen LogP contribution < -0.4 is 14.8 Å². The number of nitrogens with one attached hydrogen (secondary N) is 1. The van der Waals surface area contributed by atoms with Gasteiger partial charge in [0.25, 0.3) is 5.91 Å². The van der Waals surface area contributed by atoms with Gasteiger partial charge in [0, 0.05) is 24.0 Å². The molecule has 1 aliphatic heterocycles. The summed E-state index contributed by atoms with van der Waals surface area (Å²) in [6.45, 7) is 5.47. The van der Waals surface area contributed by atoms with Gasteiger partial charge in [0.15, 0.2) is 11.5 Å². The van der Waals surface area contributed by atoms with Crippen molar-refractivity contribution in [2.45, 2.75) is 57.9 Å². The van der Waals surface area contributed by atoms with E-state index in [1.54, 1.807) is 14.2 Å². The maximum absolute atomic E-state index is 13.0. The molecule has 1 heterocycles. The molecule has 0 saturated carbocycles. The van der Waals surface area contributed by atoms with E-state index in [0.29, 0.717) is 36.2 Å². The first-order chi connectivity index (χ1) is 14.6. The second kappa shape index (κ2) is 13.0. The zero-order valence-electron chi connectivity index (χ0n) is 18.5. The number of ether oxygens (including phenoxy) is 2. The minimum absolute atomic E-state index is 0.121. The summed E-state index contributed by atoms with van der Waals surface area (Å²) >= 11 is 0. The minimum atomic E-state index is -0.121. The summed E-state index contributed by atoms with van der Waals surface area (Å²) in [7, 11) is 3.16. The fraction of sp³-hybridized carbons (Fsp3) is 0.682. The molecule has 0 radical (unpaired) electrons. The van der Waals surface area contributed by atoms with Gasteiger partial charge in [0.2, 0.25) is 0 Å². The molecule has 0 aromatic heterocycles. The summed E-state index contributed by atoms with van der Waals surface area (Å²) in [5.74, 6) is 0.941. The van der Waals surface area contributed by atoms with Crippen molar-refractivity contribution in [1.82, 2.24) is 10.2 Å². The summed E-state index contributed by atoms with van der Waals surface area (Å²) in [6.07, 6.45) is 7.13. The van der Waals surface area contributed by atoms with Gasteiger partial charge in [-0.25, -0.2) is 0 Å². The van der Waals surface area contributed by atoms with Gasteiger partial charge < -0.3 is 14.8 Å². The molecule has 8 nitrogen and oxygen atoms in total. The SMILES string of the molecule is CCN1CCC[C@H]1CNC(=O)c1cc(CCCCCCN=[N+]=[N-])cc(OC)c1OC. The number of carbonyl (C=O) groups excluding carboxylic acids is 1. The third-order valence-electron chi connectivity index (χ3n) is 5.72. The van der Waals surface area contributed by atoms with Crippen LogP contribution in [0.5, 0.6) is 11.5 Å². The summed E-state index contributed by atoms with van der Waals surface area (Å²) in [4.78, 5) is 18.2. The highest BCUT2D eigenvalue weighted by atomic mass is 16.5. The number of nitrogens with zero attached hydrogens (tertiary/aromatic N) is 4. The van der Waals surface area contributed by atoms with E-state index in [0.717, 1.165) is 57.2 Å². The highest BCUT2D eigenvalue weighted by Gasteiger charge is 2.25. The Labute approximate surface area is 179 Å². The van der Waals surface area contributed by atoms with Gasteiger partial charge in [-0.2, -0.15) is 0 Å². The van der Waals surface area contributed by atoms with Crippen LogP contribution in [0.2, 0.25) is 0 Å². The molecule has 166 valence electrons. The van der Waals surface area contributed by atoms with Gasteiger partial charge in [-0.15, -0.1) is 0 Å². The Balaban J connectivity index is 2.00. The van der Waals surface area contributed by atoms with Crippen LogP contribution in [-0.4, -0.2) is 57.2 Å². The second-order valence-corrected chi connectivity index (χ2v) is 7.63. The number of azide groups is 1. The zero-order valence-corrected chi connectivity index (χ0v) is 18.5. The van der Waals surface area contributed by atoms with E-state index in [-0.39, 0.29) is 5.91 Å². The summed E-state index contributed by atoms with van der Waals surface area (Å²) in [6, 6.07) is 4.27. The highest BCUT2D eigenvalue weighted by molar-refractivity contribution is 5.98. The Kier molecular flexibility index (Phi) is 10.3. The molecule has 1 aliphatic rings. The lowest BCUT2D eigenvalue weighted by Gasteiger charge is -2.23. The Morgan fingerprint density at radius 2 is 2.07 bits per heavy atom. The Morgan fingerprint density at radius 3 is 2.77 bits per heavy atom. The molecule has 1 saturated heterocycles. The molecule has 2 rings (SSSR count). The van der Waals surface area contributed by atoms with Crippen LogP contribution in [0, 0.1) is 0 Å². The van der Waals surface area contributed by atoms with Crippen molar-refractivity contribution in [3.8, 4) is 11.5 Å². The van der Waals surface area contributed by atoms with E-state index in [9.17, 15) is 4.79 Å². The van der Waals surface area contributed by atoms with E-state index in [1.807, 2.05) is 12.1 Å². The summed E-state index contributed by atoms with van der Waals surface area (Å²) < 4.78 is 11.0. The topological polar surface area (TPSA) is 99.6 Å². The molecule has 1 aromatic carbocycles. The maximum Gasteiger partial charge on any atom is 0.255 e. The van der Waals surface area contributed by atoms with Gasteiger partial charge in [-0.1, -0.05) is 24.9 Å². The van der Waals surface area contributed by atoms with E-state index in [1.165, 1.54) is 6.42 Å². The van der Waals surface area contributed by atoms with Gasteiger partial charge in [0.05, 0.1) is 19.8 Å². The first kappa shape index (κ1) is 23.8. The van der Waals surface area contributed by atoms with Crippen molar-refractivity contribution in [2.75, 3.05) is 40.4 Å².